The topological polar surface area (TPSA) is 66.5 Å². The first kappa shape index (κ1) is 25.7. The van der Waals surface area contributed by atoms with Crippen LogP contribution in [0.25, 0.3) is 11.1 Å². The fraction of sp³-hybridized carbons (Fsp3) is 0.520. The van der Waals surface area contributed by atoms with E-state index in [0.717, 1.165) is 43.9 Å². The maximum absolute atomic E-state index is 12.8. The van der Waals surface area contributed by atoms with Crippen LogP contribution >= 0.6 is 11.6 Å². The molecule has 2 N–H and O–H groups in total. The SMILES string of the molecule is O=C(Nc1cc(-c2cccc(NCC3CCOCC3)c2)c(Cl)cn1)[C@H]1CCCN(CC(F)(F)F)C1. The average molecular weight is 511 g/mol. The van der Waals surface area contributed by atoms with Crippen molar-refractivity contribution in [2.75, 3.05) is 50.0 Å². The zero-order valence-electron chi connectivity index (χ0n) is 19.4. The molecule has 2 aliphatic rings. The molecule has 0 radical (unpaired) electrons. The highest BCUT2D eigenvalue weighted by Gasteiger charge is 2.34. The molecule has 1 atom stereocenters. The van der Waals surface area contributed by atoms with E-state index >= 15 is 0 Å². The molecule has 190 valence electrons. The van der Waals surface area contributed by atoms with Gasteiger partial charge in [0, 0.05) is 43.8 Å². The molecule has 1 amide bonds. The number of hydrogen-bond donors (Lipinski definition) is 2. The molecule has 0 saturated carbocycles. The second kappa shape index (κ2) is 11.6. The summed E-state index contributed by atoms with van der Waals surface area (Å²) >= 11 is 6.43. The Balaban J connectivity index is 1.41. The normalized spacial score (nSPS) is 19.9. The third-order valence-electron chi connectivity index (χ3n) is 6.50. The number of piperidine rings is 1. The van der Waals surface area contributed by atoms with E-state index in [1.54, 1.807) is 6.07 Å². The minimum absolute atomic E-state index is 0.0760. The summed E-state index contributed by atoms with van der Waals surface area (Å²) in [5.41, 5.74) is 2.56. The van der Waals surface area contributed by atoms with E-state index in [9.17, 15) is 18.0 Å². The predicted molar refractivity (Wildman–Crippen MR) is 131 cm³/mol. The third-order valence-corrected chi connectivity index (χ3v) is 6.80. The number of carbonyl (C=O) groups excluding carboxylic acids is 1. The molecule has 1 aromatic heterocycles. The van der Waals surface area contributed by atoms with E-state index in [0.29, 0.717) is 41.7 Å². The molecular formula is C25H30ClF3N4O2. The molecule has 6 nitrogen and oxygen atoms in total. The number of alkyl halides is 3. The maximum Gasteiger partial charge on any atom is 0.401 e. The van der Waals surface area contributed by atoms with E-state index in [4.69, 9.17) is 16.3 Å². The lowest BCUT2D eigenvalue weighted by Crippen LogP contribution is -2.44. The highest BCUT2D eigenvalue weighted by Crippen LogP contribution is 2.31. The molecule has 35 heavy (non-hydrogen) atoms. The zero-order valence-corrected chi connectivity index (χ0v) is 20.2. The van der Waals surface area contributed by atoms with Crippen molar-refractivity contribution in [1.29, 1.82) is 0 Å². The first-order valence-corrected chi connectivity index (χ1v) is 12.3. The van der Waals surface area contributed by atoms with Crippen molar-refractivity contribution in [3.05, 3.63) is 41.6 Å². The lowest BCUT2D eigenvalue weighted by atomic mass is 9.97. The number of likely N-dealkylation sites (tertiary alicyclic amines) is 1. The number of benzene rings is 1. The van der Waals surface area contributed by atoms with E-state index in [1.807, 2.05) is 24.3 Å². The summed E-state index contributed by atoms with van der Waals surface area (Å²) in [5.74, 6) is 0.0442. The Labute approximate surface area is 208 Å². The zero-order chi connectivity index (χ0) is 24.8. The molecule has 4 rings (SSSR count). The van der Waals surface area contributed by atoms with Crippen LogP contribution in [0.5, 0.6) is 0 Å². The van der Waals surface area contributed by atoms with Crippen LogP contribution < -0.4 is 10.6 Å². The number of anilines is 2. The number of pyridine rings is 1. The average Bonchev–Trinajstić information content (AvgIpc) is 2.84. The molecule has 10 heteroatoms. The number of ether oxygens (including phenoxy) is 1. The quantitative estimate of drug-likeness (QED) is 0.518. The van der Waals surface area contributed by atoms with Gasteiger partial charge in [-0.15, -0.1) is 0 Å². The van der Waals surface area contributed by atoms with Gasteiger partial charge in [-0.1, -0.05) is 23.7 Å². The summed E-state index contributed by atoms with van der Waals surface area (Å²) in [6, 6.07) is 9.57. The number of hydrogen-bond acceptors (Lipinski definition) is 5. The summed E-state index contributed by atoms with van der Waals surface area (Å²) in [7, 11) is 0. The van der Waals surface area contributed by atoms with Crippen molar-refractivity contribution >= 4 is 29.0 Å². The van der Waals surface area contributed by atoms with Crippen LogP contribution in [0, 0.1) is 11.8 Å². The van der Waals surface area contributed by atoms with Crippen molar-refractivity contribution in [3.63, 3.8) is 0 Å². The van der Waals surface area contributed by atoms with Crippen LogP contribution in [0.4, 0.5) is 24.7 Å². The Hall–Kier alpha value is -2.36. The third kappa shape index (κ3) is 7.56. The van der Waals surface area contributed by atoms with Crippen molar-refractivity contribution in [2.45, 2.75) is 31.9 Å². The molecular weight excluding hydrogens is 481 g/mol. The molecule has 0 bridgehead atoms. The molecule has 0 aliphatic carbocycles. The van der Waals surface area contributed by atoms with Gasteiger partial charge in [0.15, 0.2) is 0 Å². The van der Waals surface area contributed by atoms with Crippen molar-refractivity contribution in [1.82, 2.24) is 9.88 Å². The Morgan fingerprint density at radius 1 is 1.20 bits per heavy atom. The molecule has 2 saturated heterocycles. The number of nitrogens with zero attached hydrogens (tertiary/aromatic N) is 2. The van der Waals surface area contributed by atoms with Gasteiger partial charge < -0.3 is 15.4 Å². The number of amides is 1. The van der Waals surface area contributed by atoms with Gasteiger partial charge in [-0.3, -0.25) is 9.69 Å². The van der Waals surface area contributed by atoms with Gasteiger partial charge in [-0.25, -0.2) is 4.98 Å². The lowest BCUT2D eigenvalue weighted by molar-refractivity contribution is -0.151. The molecule has 0 spiro atoms. The second-order valence-corrected chi connectivity index (χ2v) is 9.65. The van der Waals surface area contributed by atoms with E-state index in [1.165, 1.54) is 11.1 Å². The Kier molecular flexibility index (Phi) is 8.51. The van der Waals surface area contributed by atoms with Gasteiger partial charge in [-0.2, -0.15) is 13.2 Å². The molecule has 1 aromatic carbocycles. The maximum atomic E-state index is 12.8. The number of carbonyl (C=O) groups is 1. The van der Waals surface area contributed by atoms with Crippen LogP contribution in [0.3, 0.4) is 0 Å². The summed E-state index contributed by atoms with van der Waals surface area (Å²) in [6.45, 7) is 1.88. The van der Waals surface area contributed by atoms with Gasteiger partial charge in [0.25, 0.3) is 0 Å². The minimum Gasteiger partial charge on any atom is -0.385 e. The van der Waals surface area contributed by atoms with E-state index < -0.39 is 18.6 Å². The fourth-order valence-corrected chi connectivity index (χ4v) is 4.85. The van der Waals surface area contributed by atoms with Crippen LogP contribution in [-0.4, -0.2) is 61.4 Å². The van der Waals surface area contributed by atoms with Gasteiger partial charge in [0.05, 0.1) is 17.5 Å². The summed E-state index contributed by atoms with van der Waals surface area (Å²) in [6.07, 6.45) is 0.370. The van der Waals surface area contributed by atoms with Gasteiger partial charge in [-0.05, 0) is 61.9 Å². The highest BCUT2D eigenvalue weighted by atomic mass is 35.5. The molecule has 2 fully saturated rings. The highest BCUT2D eigenvalue weighted by molar-refractivity contribution is 6.33. The Morgan fingerprint density at radius 2 is 2.00 bits per heavy atom. The van der Waals surface area contributed by atoms with Crippen LogP contribution in [0.15, 0.2) is 36.5 Å². The van der Waals surface area contributed by atoms with Crippen molar-refractivity contribution in [2.24, 2.45) is 11.8 Å². The van der Waals surface area contributed by atoms with Crippen molar-refractivity contribution in [3.8, 4) is 11.1 Å². The number of halogens is 4. The number of aromatic nitrogens is 1. The number of nitrogens with one attached hydrogen (secondary N) is 2. The summed E-state index contributed by atoms with van der Waals surface area (Å²) in [5, 5.41) is 6.70. The Morgan fingerprint density at radius 3 is 2.77 bits per heavy atom. The first-order valence-electron chi connectivity index (χ1n) is 11.9. The van der Waals surface area contributed by atoms with Crippen LogP contribution in [-0.2, 0) is 9.53 Å². The first-order chi connectivity index (χ1) is 16.8. The van der Waals surface area contributed by atoms with Crippen molar-refractivity contribution < 1.29 is 22.7 Å². The molecule has 2 aromatic rings. The summed E-state index contributed by atoms with van der Waals surface area (Å²) in [4.78, 5) is 18.3. The van der Waals surface area contributed by atoms with Crippen LogP contribution in [0.2, 0.25) is 5.02 Å². The standard InChI is InChI=1S/C25H30ClF3N4O2/c26-22-14-31-23(32-24(34)19-4-2-8-33(15-19)16-25(27,28)29)12-21(22)18-3-1-5-20(11-18)30-13-17-6-9-35-10-7-17/h1,3,5,11-12,14,17,19,30H,2,4,6-10,13,15-16H2,(H,31,32,34)/t19-/m0/s1. The Bertz CT molecular complexity index is 1010. The minimum atomic E-state index is -4.28. The summed E-state index contributed by atoms with van der Waals surface area (Å²) < 4.78 is 43.7. The van der Waals surface area contributed by atoms with E-state index in [2.05, 4.69) is 15.6 Å². The van der Waals surface area contributed by atoms with Gasteiger partial charge in [0.1, 0.15) is 5.82 Å². The van der Waals surface area contributed by atoms with Crippen LogP contribution in [0.1, 0.15) is 25.7 Å². The molecule has 0 unspecified atom stereocenters. The number of rotatable bonds is 7. The monoisotopic (exact) mass is 510 g/mol. The van der Waals surface area contributed by atoms with Gasteiger partial charge >= 0.3 is 6.18 Å². The lowest BCUT2D eigenvalue weighted by Gasteiger charge is -2.32. The predicted octanol–water partition coefficient (Wildman–Crippen LogP) is 5.45. The van der Waals surface area contributed by atoms with Gasteiger partial charge in [0.2, 0.25) is 5.91 Å². The van der Waals surface area contributed by atoms with E-state index in [-0.39, 0.29) is 12.5 Å². The second-order valence-electron chi connectivity index (χ2n) is 9.25. The molecule has 3 heterocycles. The smallest absolute Gasteiger partial charge is 0.385 e. The largest absolute Gasteiger partial charge is 0.401 e. The fourth-order valence-electron chi connectivity index (χ4n) is 4.63. The molecule has 2 aliphatic heterocycles.